The average molecular weight is 618 g/mol. The number of benzene rings is 3. The molecular formula is C34H43N5O4S. The number of piperidine rings is 1. The topological polar surface area (TPSA) is 103 Å². The SMILES string of the molecule is COc1cccc(S(=O)(=O)N2CCC(Cc3ccccc3NC(=O)NC3=NN(c4ccc(C)cc4)C(C(C)(C)C)C3)CC2)c1. The van der Waals surface area contributed by atoms with Gasteiger partial charge in [-0.1, -0.05) is 62.7 Å². The quantitative estimate of drug-likeness (QED) is 0.319. The van der Waals surface area contributed by atoms with Crippen molar-refractivity contribution in [3.63, 3.8) is 0 Å². The molecular weight excluding hydrogens is 574 g/mol. The Labute approximate surface area is 261 Å². The predicted octanol–water partition coefficient (Wildman–Crippen LogP) is 6.41. The van der Waals surface area contributed by atoms with Crippen LogP contribution in [0.15, 0.2) is 82.8 Å². The highest BCUT2D eigenvalue weighted by Gasteiger charge is 2.37. The lowest BCUT2D eigenvalue weighted by Crippen LogP contribution is -2.39. The number of methoxy groups -OCH3 is 1. The number of urea groups is 1. The van der Waals surface area contributed by atoms with E-state index in [-0.39, 0.29) is 22.4 Å². The predicted molar refractivity (Wildman–Crippen MR) is 176 cm³/mol. The van der Waals surface area contributed by atoms with E-state index in [2.05, 4.69) is 62.6 Å². The standard InChI is InChI=1S/C34H43N5O4S/c1-24-13-15-27(16-14-24)39-31(34(2,3)4)23-32(37-39)36-33(40)35-30-12-7-6-9-26(30)21-25-17-19-38(20-18-25)44(41,42)29-11-8-10-28(22-29)43-5/h6-16,22,25,31H,17-21,23H2,1-5H3,(H2,35,36,37,40). The van der Waals surface area contributed by atoms with E-state index in [1.54, 1.807) is 28.6 Å². The summed E-state index contributed by atoms with van der Waals surface area (Å²) in [5.74, 6) is 1.45. The highest BCUT2D eigenvalue weighted by Crippen LogP contribution is 2.35. The van der Waals surface area contributed by atoms with Crippen LogP contribution in [0.25, 0.3) is 0 Å². The molecule has 2 amide bonds. The summed E-state index contributed by atoms with van der Waals surface area (Å²) >= 11 is 0. The first-order valence-electron chi connectivity index (χ1n) is 15.2. The molecule has 0 aromatic heterocycles. The van der Waals surface area contributed by atoms with Crippen LogP contribution >= 0.6 is 0 Å². The number of nitrogens with one attached hydrogen (secondary N) is 2. The first kappa shape index (κ1) is 31.5. The molecule has 10 heteroatoms. The average Bonchev–Trinajstić information content (AvgIpc) is 3.43. The lowest BCUT2D eigenvalue weighted by Gasteiger charge is -2.34. The zero-order valence-corrected chi connectivity index (χ0v) is 27.0. The van der Waals surface area contributed by atoms with E-state index >= 15 is 0 Å². The summed E-state index contributed by atoms with van der Waals surface area (Å²) in [6.45, 7) is 9.52. The third kappa shape index (κ3) is 7.25. The van der Waals surface area contributed by atoms with E-state index in [1.807, 2.05) is 29.3 Å². The monoisotopic (exact) mass is 617 g/mol. The first-order valence-corrected chi connectivity index (χ1v) is 16.6. The molecule has 3 aromatic rings. The van der Waals surface area contributed by atoms with E-state index < -0.39 is 10.0 Å². The lowest BCUT2D eigenvalue weighted by molar-refractivity contribution is 0.255. The van der Waals surface area contributed by atoms with E-state index in [1.165, 1.54) is 12.7 Å². The lowest BCUT2D eigenvalue weighted by atomic mass is 9.84. The van der Waals surface area contributed by atoms with Crippen molar-refractivity contribution >= 4 is 33.3 Å². The number of rotatable bonds is 7. The minimum atomic E-state index is -3.59. The van der Waals surface area contributed by atoms with Gasteiger partial charge >= 0.3 is 6.03 Å². The maximum absolute atomic E-state index is 13.2. The van der Waals surface area contributed by atoms with Gasteiger partial charge in [0.15, 0.2) is 0 Å². The van der Waals surface area contributed by atoms with Gasteiger partial charge in [0.25, 0.3) is 0 Å². The van der Waals surface area contributed by atoms with Crippen LogP contribution in [0.3, 0.4) is 0 Å². The number of anilines is 2. The van der Waals surface area contributed by atoms with Gasteiger partial charge in [-0.3, -0.25) is 10.3 Å². The number of aryl methyl sites for hydroxylation is 1. The molecule has 2 heterocycles. The van der Waals surface area contributed by atoms with Gasteiger partial charge in [0.1, 0.15) is 11.6 Å². The fourth-order valence-electron chi connectivity index (χ4n) is 5.87. The number of ether oxygens (including phenoxy) is 1. The molecule has 1 atom stereocenters. The largest absolute Gasteiger partial charge is 0.497 e. The van der Waals surface area contributed by atoms with Crippen molar-refractivity contribution in [2.24, 2.45) is 16.4 Å². The summed E-state index contributed by atoms with van der Waals surface area (Å²) in [5.41, 5.74) is 3.91. The molecule has 2 aliphatic rings. The number of para-hydroxylation sites is 1. The van der Waals surface area contributed by atoms with Crippen molar-refractivity contribution in [3.05, 3.63) is 83.9 Å². The maximum Gasteiger partial charge on any atom is 0.324 e. The van der Waals surface area contributed by atoms with Gasteiger partial charge in [-0.2, -0.15) is 9.41 Å². The molecule has 0 spiro atoms. The van der Waals surface area contributed by atoms with Crippen LogP contribution in [0.5, 0.6) is 5.75 Å². The van der Waals surface area contributed by atoms with Gasteiger partial charge in [0.05, 0.1) is 23.7 Å². The van der Waals surface area contributed by atoms with E-state index in [9.17, 15) is 13.2 Å². The van der Waals surface area contributed by atoms with E-state index in [0.29, 0.717) is 37.0 Å². The highest BCUT2D eigenvalue weighted by molar-refractivity contribution is 7.89. The van der Waals surface area contributed by atoms with Crippen LogP contribution < -0.4 is 20.4 Å². The summed E-state index contributed by atoms with van der Waals surface area (Å²) in [6.07, 6.45) is 2.86. The number of hydrogen-bond acceptors (Lipinski definition) is 6. The van der Waals surface area contributed by atoms with Crippen molar-refractivity contribution in [3.8, 4) is 5.75 Å². The summed E-state index contributed by atoms with van der Waals surface area (Å²) in [6, 6.07) is 22.5. The molecule has 1 unspecified atom stereocenters. The Morgan fingerprint density at radius 1 is 0.977 bits per heavy atom. The second kappa shape index (κ2) is 13.0. The Kier molecular flexibility index (Phi) is 9.31. The molecule has 3 aromatic carbocycles. The fraction of sp³-hybridized carbons (Fsp3) is 0.412. The minimum Gasteiger partial charge on any atom is -0.497 e. The third-order valence-electron chi connectivity index (χ3n) is 8.49. The number of amidine groups is 1. The summed E-state index contributed by atoms with van der Waals surface area (Å²) < 4.78 is 33.2. The summed E-state index contributed by atoms with van der Waals surface area (Å²) in [4.78, 5) is 13.4. The number of carbonyl (C=O) groups is 1. The van der Waals surface area contributed by atoms with Gasteiger partial charge in [0.2, 0.25) is 10.0 Å². The molecule has 2 N–H and O–H groups in total. The number of hydrogen-bond donors (Lipinski definition) is 2. The smallest absolute Gasteiger partial charge is 0.324 e. The van der Waals surface area contributed by atoms with Crippen molar-refractivity contribution in [1.82, 2.24) is 9.62 Å². The molecule has 0 radical (unpaired) electrons. The first-order chi connectivity index (χ1) is 20.9. The van der Waals surface area contributed by atoms with Crippen LogP contribution in [-0.4, -0.2) is 50.8 Å². The van der Waals surface area contributed by atoms with Crippen molar-refractivity contribution in [1.29, 1.82) is 0 Å². The molecule has 1 fully saturated rings. The number of hydrazone groups is 1. The van der Waals surface area contributed by atoms with Crippen LogP contribution in [0, 0.1) is 18.3 Å². The van der Waals surface area contributed by atoms with Gasteiger partial charge in [-0.05, 0) is 73.4 Å². The molecule has 44 heavy (non-hydrogen) atoms. The Hall–Kier alpha value is -3.89. The Morgan fingerprint density at radius 2 is 1.68 bits per heavy atom. The molecule has 0 bridgehead atoms. The maximum atomic E-state index is 13.2. The van der Waals surface area contributed by atoms with Crippen LogP contribution in [-0.2, 0) is 16.4 Å². The number of carbonyl (C=O) groups excluding carboxylic acids is 1. The van der Waals surface area contributed by atoms with E-state index in [0.717, 1.165) is 36.2 Å². The normalized spacial score (nSPS) is 18.2. The Morgan fingerprint density at radius 3 is 2.36 bits per heavy atom. The van der Waals surface area contributed by atoms with E-state index in [4.69, 9.17) is 9.84 Å². The molecule has 2 aliphatic heterocycles. The van der Waals surface area contributed by atoms with Crippen LogP contribution in [0.4, 0.5) is 16.2 Å². The highest BCUT2D eigenvalue weighted by atomic mass is 32.2. The number of amides is 2. The zero-order valence-electron chi connectivity index (χ0n) is 26.2. The second-order valence-electron chi connectivity index (χ2n) is 12.8. The minimum absolute atomic E-state index is 0.0518. The summed E-state index contributed by atoms with van der Waals surface area (Å²) in [7, 11) is -2.06. The molecule has 5 rings (SSSR count). The van der Waals surface area contributed by atoms with Gasteiger partial charge < -0.3 is 10.1 Å². The molecule has 234 valence electrons. The van der Waals surface area contributed by atoms with Gasteiger partial charge in [-0.25, -0.2) is 13.2 Å². The van der Waals surface area contributed by atoms with Crippen molar-refractivity contribution in [2.75, 3.05) is 30.5 Å². The molecule has 0 saturated carbocycles. The zero-order chi connectivity index (χ0) is 31.5. The van der Waals surface area contributed by atoms with Crippen LogP contribution in [0.1, 0.15) is 51.2 Å². The fourth-order valence-corrected chi connectivity index (χ4v) is 7.38. The van der Waals surface area contributed by atoms with Gasteiger partial charge in [-0.15, -0.1) is 0 Å². The molecule has 9 nitrogen and oxygen atoms in total. The van der Waals surface area contributed by atoms with Crippen molar-refractivity contribution < 1.29 is 17.9 Å². The Balaban J connectivity index is 1.21. The second-order valence-corrected chi connectivity index (χ2v) is 14.7. The Bertz CT molecular complexity index is 1610. The third-order valence-corrected chi connectivity index (χ3v) is 10.4. The summed E-state index contributed by atoms with van der Waals surface area (Å²) in [5, 5.41) is 12.9. The van der Waals surface area contributed by atoms with Gasteiger partial charge in [0, 0.05) is 31.3 Å². The number of sulfonamides is 1. The molecule has 0 aliphatic carbocycles. The number of nitrogens with zero attached hydrogens (tertiary/aromatic N) is 3. The van der Waals surface area contributed by atoms with Crippen LogP contribution in [0.2, 0.25) is 0 Å². The molecule has 1 saturated heterocycles. The van der Waals surface area contributed by atoms with Crippen molar-refractivity contribution in [2.45, 2.75) is 64.3 Å².